The van der Waals surface area contributed by atoms with Gasteiger partial charge in [0.2, 0.25) is 0 Å². The maximum atomic E-state index is 10.1. The molecular formula is HBF2LiO2. The summed E-state index contributed by atoms with van der Waals surface area (Å²) >= 11 is 0. The van der Waals surface area contributed by atoms with E-state index in [0.717, 1.165) is 0 Å². The van der Waals surface area contributed by atoms with E-state index in [0.29, 0.717) is 0 Å². The largest absolute Gasteiger partial charge is 0.520 e. The molecule has 0 unspecified atom stereocenters. The van der Waals surface area contributed by atoms with Crippen LogP contribution in [-0.2, 0) is 9.72 Å². The van der Waals surface area contributed by atoms with Gasteiger partial charge in [0, 0.05) is 18.9 Å². The molecule has 0 fully saturated rings. The molecule has 0 rings (SSSR count). The van der Waals surface area contributed by atoms with Gasteiger partial charge in [-0.15, -0.1) is 0 Å². The average molecular weight is 88.8 g/mol. The molecule has 0 aliphatic rings. The predicted molar refractivity (Wildman–Crippen MR) is 17.3 cm³/mol. The summed E-state index contributed by atoms with van der Waals surface area (Å²) in [5.74, 6) is 0. The molecule has 0 spiro atoms. The molecule has 6 heteroatoms. The first-order valence-electron chi connectivity index (χ1n) is 0.886. The first kappa shape index (κ1) is 9.67. The normalized spacial score (nSPS) is 6.33. The quantitative estimate of drug-likeness (QED) is 0.431. The minimum absolute atomic E-state index is 0. The summed E-state index contributed by atoms with van der Waals surface area (Å²) in [7, 11) is -0.944. The maximum absolute atomic E-state index is 10.1. The summed E-state index contributed by atoms with van der Waals surface area (Å²) in [4.78, 5) is 5.19. The van der Waals surface area contributed by atoms with Crippen molar-refractivity contribution < 1.29 is 18.8 Å². The number of hydrogen-bond acceptors (Lipinski definition) is 2. The summed E-state index contributed by atoms with van der Waals surface area (Å²) in [6.45, 7) is 0. The molecule has 2 nitrogen and oxygen atoms in total. The molecule has 0 amide bonds. The molecule has 0 aromatic rings. The fourth-order valence-corrected chi connectivity index (χ4v) is 0.0168. The smallest absolute Gasteiger partial charge is 0.224 e. The zero-order valence-electron chi connectivity index (χ0n) is 3.28. The topological polar surface area (TPSA) is 18.5 Å². The van der Waals surface area contributed by atoms with E-state index in [1.807, 2.05) is 0 Å². The van der Waals surface area contributed by atoms with Crippen molar-refractivity contribution >= 4 is 26.5 Å². The number of hydrogen-bond donors (Lipinski definition) is 0. The fraction of sp³-hybridized carbons (Fsp3) is 0. The van der Waals surface area contributed by atoms with Gasteiger partial charge in [-0.2, -0.15) is 0 Å². The van der Waals surface area contributed by atoms with E-state index in [-0.39, 0.29) is 18.9 Å². The minimum Gasteiger partial charge on any atom is -0.224 e. The second-order valence-electron chi connectivity index (χ2n) is 0.336. The van der Waals surface area contributed by atoms with E-state index in [1.54, 1.807) is 0 Å². The van der Waals surface area contributed by atoms with Crippen LogP contribution in [0.2, 0.25) is 0 Å². The SMILES string of the molecule is FOBOF.[Li]. The van der Waals surface area contributed by atoms with Gasteiger partial charge >= 0.3 is 7.69 Å². The van der Waals surface area contributed by atoms with Gasteiger partial charge in [0.05, 0.1) is 0 Å². The number of halogens is 2. The van der Waals surface area contributed by atoms with Gasteiger partial charge in [0.25, 0.3) is 0 Å². The molecule has 0 aromatic heterocycles. The molecule has 0 N–H and O–H groups in total. The molecule has 0 saturated carbocycles. The Bertz CT molecular complexity index is 19.0. The third kappa shape index (κ3) is 8.82. The molecule has 0 atom stereocenters. The Kier molecular flexibility index (Phi) is 14.6. The molecule has 0 saturated heterocycles. The van der Waals surface area contributed by atoms with Gasteiger partial charge in [0.15, 0.2) is 0 Å². The zero-order chi connectivity index (χ0) is 4.12. The third-order valence-corrected chi connectivity index (χ3v) is 0.0891. The van der Waals surface area contributed by atoms with E-state index in [1.165, 1.54) is 0 Å². The Morgan fingerprint density at radius 2 is 1.50 bits per heavy atom. The second kappa shape index (κ2) is 9.06. The van der Waals surface area contributed by atoms with E-state index in [4.69, 9.17) is 0 Å². The van der Waals surface area contributed by atoms with Gasteiger partial charge in [-0.05, 0) is 0 Å². The van der Waals surface area contributed by atoms with Crippen LogP contribution in [0.4, 0.5) is 9.05 Å². The van der Waals surface area contributed by atoms with Crippen LogP contribution in [0.1, 0.15) is 0 Å². The van der Waals surface area contributed by atoms with Crippen LogP contribution in [0, 0.1) is 0 Å². The standard InChI is InChI=1S/BF2HO2.Li/c2-4-1-5-3;/h1H;. The Balaban J connectivity index is 0. The molecule has 0 bridgehead atoms. The molecule has 0 heterocycles. The molecule has 1 radical (unpaired) electrons. The van der Waals surface area contributed by atoms with Gasteiger partial charge in [0.1, 0.15) is 0 Å². The van der Waals surface area contributed by atoms with Crippen LogP contribution in [0.15, 0.2) is 0 Å². The van der Waals surface area contributed by atoms with Crippen molar-refractivity contribution in [2.45, 2.75) is 0 Å². The van der Waals surface area contributed by atoms with Crippen LogP contribution < -0.4 is 0 Å². The van der Waals surface area contributed by atoms with Gasteiger partial charge in [-0.1, -0.05) is 9.05 Å². The van der Waals surface area contributed by atoms with E-state index < -0.39 is 7.69 Å². The number of rotatable bonds is 2. The Morgan fingerprint density at radius 1 is 1.17 bits per heavy atom. The van der Waals surface area contributed by atoms with Gasteiger partial charge in [-0.25, -0.2) is 9.72 Å². The monoisotopic (exact) mass is 89.0 g/mol. The molecule has 31 valence electrons. The first-order chi connectivity index (χ1) is 2.41. The predicted octanol–water partition coefficient (Wildman–Crippen LogP) is -0.326. The summed E-state index contributed by atoms with van der Waals surface area (Å²) in [6, 6.07) is 0. The molecule has 0 aliphatic heterocycles. The van der Waals surface area contributed by atoms with E-state index in [2.05, 4.69) is 9.72 Å². The van der Waals surface area contributed by atoms with Gasteiger partial charge < -0.3 is 0 Å². The van der Waals surface area contributed by atoms with Crippen molar-refractivity contribution in [3.05, 3.63) is 0 Å². The van der Waals surface area contributed by atoms with Crippen molar-refractivity contribution in [2.24, 2.45) is 0 Å². The first-order valence-corrected chi connectivity index (χ1v) is 0.886. The fourth-order valence-electron chi connectivity index (χ4n) is 0.0168. The van der Waals surface area contributed by atoms with Crippen LogP contribution in [0.5, 0.6) is 0 Å². The summed E-state index contributed by atoms with van der Waals surface area (Å²) in [6.07, 6.45) is 0. The Labute approximate surface area is 46.1 Å². The molecule has 6 heavy (non-hydrogen) atoms. The van der Waals surface area contributed by atoms with Gasteiger partial charge in [-0.3, -0.25) is 0 Å². The third-order valence-electron chi connectivity index (χ3n) is 0.0891. The summed E-state index contributed by atoms with van der Waals surface area (Å²) < 4.78 is 20.3. The van der Waals surface area contributed by atoms with Crippen LogP contribution >= 0.6 is 0 Å². The zero-order valence-corrected chi connectivity index (χ0v) is 3.28. The van der Waals surface area contributed by atoms with Crippen molar-refractivity contribution in [2.75, 3.05) is 0 Å². The van der Waals surface area contributed by atoms with E-state index in [9.17, 15) is 9.05 Å². The summed E-state index contributed by atoms with van der Waals surface area (Å²) in [5, 5.41) is 0. The molecule has 0 aromatic carbocycles. The molecule has 0 aliphatic carbocycles. The van der Waals surface area contributed by atoms with Crippen molar-refractivity contribution in [1.82, 2.24) is 0 Å². The van der Waals surface area contributed by atoms with Crippen LogP contribution in [0.3, 0.4) is 0 Å². The maximum Gasteiger partial charge on any atom is 0.520 e. The van der Waals surface area contributed by atoms with Crippen molar-refractivity contribution in [3.63, 3.8) is 0 Å². The Morgan fingerprint density at radius 3 is 1.50 bits per heavy atom. The van der Waals surface area contributed by atoms with Crippen LogP contribution in [-0.4, -0.2) is 26.5 Å². The second-order valence-corrected chi connectivity index (χ2v) is 0.336. The van der Waals surface area contributed by atoms with Crippen LogP contribution in [0.25, 0.3) is 0 Å². The van der Waals surface area contributed by atoms with Crippen molar-refractivity contribution in [1.29, 1.82) is 0 Å². The minimum atomic E-state index is -0.944. The van der Waals surface area contributed by atoms with Crippen molar-refractivity contribution in [3.8, 4) is 0 Å². The van der Waals surface area contributed by atoms with E-state index >= 15 is 0 Å². The molecular weight excluding hydrogens is 87.7 g/mol. The Hall–Kier alpha value is 0.442. The summed E-state index contributed by atoms with van der Waals surface area (Å²) in [5.41, 5.74) is 0. The average Bonchev–Trinajstić information content (AvgIpc) is 1.41.